The van der Waals surface area contributed by atoms with E-state index in [0.29, 0.717) is 17.2 Å². The zero-order chi connectivity index (χ0) is 18.4. The van der Waals surface area contributed by atoms with Crippen molar-refractivity contribution in [2.75, 3.05) is 18.6 Å². The van der Waals surface area contributed by atoms with E-state index in [0.717, 1.165) is 5.56 Å². The van der Waals surface area contributed by atoms with Crippen LogP contribution in [0.1, 0.15) is 12.5 Å². The van der Waals surface area contributed by atoms with E-state index in [2.05, 4.69) is 0 Å². The van der Waals surface area contributed by atoms with Crippen LogP contribution < -0.4 is 14.4 Å². The number of aryl methyl sites for hydroxylation is 1. The smallest absolute Gasteiger partial charge is 0.341 e. The van der Waals surface area contributed by atoms with Crippen molar-refractivity contribution in [1.29, 1.82) is 0 Å². The van der Waals surface area contributed by atoms with Gasteiger partial charge in [0.1, 0.15) is 11.5 Å². The normalized spacial score (nSPS) is 11.5. The number of amides is 1. The van der Waals surface area contributed by atoms with Crippen molar-refractivity contribution < 1.29 is 24.2 Å². The van der Waals surface area contributed by atoms with Crippen molar-refractivity contribution in [2.24, 2.45) is 0 Å². The number of likely N-dealkylation sites (N-methyl/N-ethyl adjacent to an activating group) is 1. The molecule has 25 heavy (non-hydrogen) atoms. The maximum Gasteiger partial charge on any atom is 0.341 e. The van der Waals surface area contributed by atoms with Crippen molar-refractivity contribution in [2.45, 2.75) is 20.0 Å². The van der Waals surface area contributed by atoms with Crippen LogP contribution in [0.4, 0.5) is 5.69 Å². The van der Waals surface area contributed by atoms with E-state index in [9.17, 15) is 9.59 Å². The second-order valence-electron chi connectivity index (χ2n) is 5.65. The summed E-state index contributed by atoms with van der Waals surface area (Å²) >= 11 is 0. The Balaban J connectivity index is 1.98. The van der Waals surface area contributed by atoms with Crippen LogP contribution in [0.15, 0.2) is 48.5 Å². The molecule has 0 spiro atoms. The summed E-state index contributed by atoms with van der Waals surface area (Å²) in [6.45, 7) is 3.27. The Hall–Kier alpha value is -3.02. The van der Waals surface area contributed by atoms with Crippen LogP contribution in [-0.2, 0) is 9.59 Å². The second kappa shape index (κ2) is 8.19. The lowest BCUT2D eigenvalue weighted by atomic mass is 10.2. The maximum atomic E-state index is 12.5. The van der Waals surface area contributed by atoms with Gasteiger partial charge in [-0.05, 0) is 50.2 Å². The molecule has 2 aromatic carbocycles. The molecule has 0 aliphatic rings. The standard InChI is InChI=1S/C19H21NO5/c1-13-4-8-17(9-5-13)25-14(2)19(23)20(3)15-6-10-16(11-7-15)24-12-18(21)22/h4-11,14H,12H2,1-3H3,(H,21,22). The van der Waals surface area contributed by atoms with Gasteiger partial charge in [0.2, 0.25) is 0 Å². The average Bonchev–Trinajstić information content (AvgIpc) is 2.61. The van der Waals surface area contributed by atoms with Crippen molar-refractivity contribution in [1.82, 2.24) is 0 Å². The topological polar surface area (TPSA) is 76.1 Å². The molecule has 132 valence electrons. The van der Waals surface area contributed by atoms with E-state index in [1.54, 1.807) is 38.2 Å². The van der Waals surface area contributed by atoms with Crippen LogP contribution >= 0.6 is 0 Å². The van der Waals surface area contributed by atoms with E-state index in [1.165, 1.54) is 4.90 Å². The van der Waals surface area contributed by atoms with Crippen LogP contribution in [0.3, 0.4) is 0 Å². The van der Waals surface area contributed by atoms with Crippen molar-refractivity contribution in [3.63, 3.8) is 0 Å². The number of carbonyl (C=O) groups is 2. The predicted octanol–water partition coefficient (Wildman–Crippen LogP) is 2.89. The highest BCUT2D eigenvalue weighted by atomic mass is 16.5. The Labute approximate surface area is 146 Å². The zero-order valence-electron chi connectivity index (χ0n) is 14.4. The molecule has 0 saturated heterocycles. The number of hydrogen-bond donors (Lipinski definition) is 1. The molecule has 0 fully saturated rings. The lowest BCUT2D eigenvalue weighted by Crippen LogP contribution is -2.38. The Morgan fingerprint density at radius 2 is 1.60 bits per heavy atom. The summed E-state index contributed by atoms with van der Waals surface area (Å²) in [5.74, 6) is -0.175. The predicted molar refractivity (Wildman–Crippen MR) is 94.3 cm³/mol. The number of carbonyl (C=O) groups excluding carboxylic acids is 1. The lowest BCUT2D eigenvalue weighted by molar-refractivity contribution is -0.139. The molecule has 1 unspecified atom stereocenters. The van der Waals surface area contributed by atoms with E-state index in [-0.39, 0.29) is 5.91 Å². The summed E-state index contributed by atoms with van der Waals surface area (Å²) in [6, 6.07) is 14.1. The number of anilines is 1. The molecule has 0 heterocycles. The van der Waals surface area contributed by atoms with Gasteiger partial charge in [-0.2, -0.15) is 0 Å². The Morgan fingerprint density at radius 3 is 2.16 bits per heavy atom. The van der Waals surface area contributed by atoms with Gasteiger partial charge in [-0.25, -0.2) is 4.79 Å². The van der Waals surface area contributed by atoms with Gasteiger partial charge in [0.15, 0.2) is 12.7 Å². The number of ether oxygens (including phenoxy) is 2. The third-order valence-electron chi connectivity index (χ3n) is 3.60. The first-order chi connectivity index (χ1) is 11.9. The summed E-state index contributed by atoms with van der Waals surface area (Å²) in [5.41, 5.74) is 1.78. The fraction of sp³-hybridized carbons (Fsp3) is 0.263. The van der Waals surface area contributed by atoms with Gasteiger partial charge in [0, 0.05) is 12.7 Å². The molecule has 0 bridgehead atoms. The first-order valence-electron chi connectivity index (χ1n) is 7.82. The summed E-state index contributed by atoms with van der Waals surface area (Å²) in [5, 5.41) is 8.60. The number of carboxylic acids is 1. The molecule has 2 aromatic rings. The molecule has 1 amide bonds. The third-order valence-corrected chi connectivity index (χ3v) is 3.60. The first-order valence-corrected chi connectivity index (χ1v) is 7.82. The number of rotatable bonds is 7. The molecule has 0 aliphatic carbocycles. The van der Waals surface area contributed by atoms with Gasteiger partial charge in [-0.3, -0.25) is 4.79 Å². The average molecular weight is 343 g/mol. The molecule has 0 aliphatic heterocycles. The monoisotopic (exact) mass is 343 g/mol. The molecule has 1 N–H and O–H groups in total. The Bertz CT molecular complexity index is 724. The minimum atomic E-state index is -1.04. The molecule has 6 heteroatoms. The molecule has 0 saturated carbocycles. The van der Waals surface area contributed by atoms with Gasteiger partial charge >= 0.3 is 5.97 Å². The molecular weight excluding hydrogens is 322 g/mol. The molecule has 1 atom stereocenters. The number of nitrogens with zero attached hydrogens (tertiary/aromatic N) is 1. The van der Waals surface area contributed by atoms with Crippen molar-refractivity contribution >= 4 is 17.6 Å². The molecule has 6 nitrogen and oxygen atoms in total. The van der Waals surface area contributed by atoms with Crippen LogP contribution in [0.25, 0.3) is 0 Å². The quantitative estimate of drug-likeness (QED) is 0.836. The lowest BCUT2D eigenvalue weighted by Gasteiger charge is -2.22. The van der Waals surface area contributed by atoms with E-state index in [1.807, 2.05) is 31.2 Å². The van der Waals surface area contributed by atoms with Gasteiger partial charge in [-0.1, -0.05) is 17.7 Å². The summed E-state index contributed by atoms with van der Waals surface area (Å²) in [4.78, 5) is 24.5. The summed E-state index contributed by atoms with van der Waals surface area (Å²) in [6.07, 6.45) is -0.643. The number of aliphatic carboxylic acids is 1. The largest absolute Gasteiger partial charge is 0.482 e. The van der Waals surface area contributed by atoms with Crippen molar-refractivity contribution in [3.8, 4) is 11.5 Å². The van der Waals surface area contributed by atoms with Gasteiger partial charge in [0.25, 0.3) is 5.91 Å². The summed E-state index contributed by atoms with van der Waals surface area (Å²) < 4.78 is 10.8. The number of hydrogen-bond acceptors (Lipinski definition) is 4. The molecular formula is C19H21NO5. The third kappa shape index (κ3) is 5.24. The minimum absolute atomic E-state index is 0.195. The molecule has 0 radical (unpaired) electrons. The first kappa shape index (κ1) is 18.3. The Kier molecular flexibility index (Phi) is 6.00. The molecule has 2 rings (SSSR count). The van der Waals surface area contributed by atoms with Crippen LogP contribution in [0.2, 0.25) is 0 Å². The SMILES string of the molecule is Cc1ccc(OC(C)C(=O)N(C)c2ccc(OCC(=O)O)cc2)cc1. The zero-order valence-corrected chi connectivity index (χ0v) is 14.4. The highest BCUT2D eigenvalue weighted by Crippen LogP contribution is 2.20. The second-order valence-corrected chi connectivity index (χ2v) is 5.65. The van der Waals surface area contributed by atoms with Crippen LogP contribution in [0.5, 0.6) is 11.5 Å². The Morgan fingerprint density at radius 1 is 1.04 bits per heavy atom. The maximum absolute atomic E-state index is 12.5. The van der Waals surface area contributed by atoms with Crippen molar-refractivity contribution in [3.05, 3.63) is 54.1 Å². The van der Waals surface area contributed by atoms with E-state index >= 15 is 0 Å². The number of benzene rings is 2. The van der Waals surface area contributed by atoms with Crippen LogP contribution in [-0.4, -0.2) is 36.7 Å². The summed E-state index contributed by atoms with van der Waals surface area (Å²) in [7, 11) is 1.66. The van der Waals surface area contributed by atoms with Gasteiger partial charge in [0.05, 0.1) is 0 Å². The highest BCUT2D eigenvalue weighted by Gasteiger charge is 2.20. The number of carboxylic acid groups (broad SMARTS) is 1. The van der Waals surface area contributed by atoms with Gasteiger partial charge < -0.3 is 19.5 Å². The van der Waals surface area contributed by atoms with Gasteiger partial charge in [-0.15, -0.1) is 0 Å². The highest BCUT2D eigenvalue weighted by molar-refractivity contribution is 5.96. The van der Waals surface area contributed by atoms with Crippen LogP contribution in [0, 0.1) is 6.92 Å². The fourth-order valence-corrected chi connectivity index (χ4v) is 2.18. The minimum Gasteiger partial charge on any atom is -0.482 e. The van der Waals surface area contributed by atoms with E-state index in [4.69, 9.17) is 14.6 Å². The van der Waals surface area contributed by atoms with E-state index < -0.39 is 18.7 Å². The fourth-order valence-electron chi connectivity index (χ4n) is 2.18. The molecule has 0 aromatic heterocycles.